The maximum absolute atomic E-state index is 12.3. The molecule has 1 amide bonds. The highest BCUT2D eigenvalue weighted by molar-refractivity contribution is 6.42. The molecule has 0 saturated heterocycles. The van der Waals surface area contributed by atoms with Crippen molar-refractivity contribution in [1.82, 2.24) is 4.90 Å². The number of likely N-dealkylation sites (N-methyl/N-ethyl adjacent to an activating group) is 1. The molecule has 0 heterocycles. The van der Waals surface area contributed by atoms with Crippen LogP contribution in [0.2, 0.25) is 5.02 Å². The van der Waals surface area contributed by atoms with Gasteiger partial charge in [-0.15, -0.1) is 0 Å². The quantitative estimate of drug-likeness (QED) is 0.359. The Balaban J connectivity index is 2.17. The second kappa shape index (κ2) is 7.23. The lowest BCUT2D eigenvalue weighted by atomic mass is 10.1. The number of nitro benzene ring substituents is 1. The number of aryl methyl sites for hydroxylation is 1. The number of ketones is 1. The predicted octanol–water partition coefficient (Wildman–Crippen LogP) is 3.40. The van der Waals surface area contributed by atoms with Crippen molar-refractivity contribution in [2.75, 3.05) is 7.05 Å². The average Bonchev–Trinajstić information content (AvgIpc) is 2.55. The standard InChI is InChI=1S/C17H15ClN2O4/c1-11-3-5-12(6-4-11)16(21)17(22)19(2)10-13-9-14(20(23)24)7-8-15(13)18/h3-9H,10H2,1-2H3. The number of carbonyl (C=O) groups is 2. The van der Waals surface area contributed by atoms with Gasteiger partial charge in [0.2, 0.25) is 5.78 Å². The number of Topliss-reactive ketones (excluding diaryl/α,β-unsaturated/α-hetero) is 1. The predicted molar refractivity (Wildman–Crippen MR) is 90.1 cm³/mol. The first-order valence-corrected chi connectivity index (χ1v) is 7.46. The fourth-order valence-corrected chi connectivity index (χ4v) is 2.30. The summed E-state index contributed by atoms with van der Waals surface area (Å²) in [7, 11) is 1.45. The molecule has 2 rings (SSSR count). The summed E-state index contributed by atoms with van der Waals surface area (Å²) in [6.45, 7) is 1.88. The summed E-state index contributed by atoms with van der Waals surface area (Å²) in [5, 5.41) is 11.1. The first-order valence-electron chi connectivity index (χ1n) is 7.09. The summed E-state index contributed by atoms with van der Waals surface area (Å²) in [4.78, 5) is 36.0. The number of hydrogen-bond acceptors (Lipinski definition) is 4. The molecule has 6 nitrogen and oxygen atoms in total. The van der Waals surface area contributed by atoms with Crippen LogP contribution in [0.4, 0.5) is 5.69 Å². The van der Waals surface area contributed by atoms with Crippen molar-refractivity contribution in [3.8, 4) is 0 Å². The molecule has 2 aromatic rings. The Morgan fingerprint density at radius 2 is 1.79 bits per heavy atom. The van der Waals surface area contributed by atoms with Gasteiger partial charge in [0.05, 0.1) is 4.92 Å². The maximum atomic E-state index is 12.3. The third-order valence-electron chi connectivity index (χ3n) is 3.50. The summed E-state index contributed by atoms with van der Waals surface area (Å²) in [5.74, 6) is -1.35. The Hall–Kier alpha value is -2.73. The van der Waals surface area contributed by atoms with Crippen molar-refractivity contribution >= 4 is 29.0 Å². The van der Waals surface area contributed by atoms with E-state index in [9.17, 15) is 19.7 Å². The molecule has 0 spiro atoms. The number of nitrogens with zero attached hydrogens (tertiary/aromatic N) is 2. The second-order valence-corrected chi connectivity index (χ2v) is 5.80. The Morgan fingerprint density at radius 3 is 2.38 bits per heavy atom. The SMILES string of the molecule is Cc1ccc(C(=O)C(=O)N(C)Cc2cc([N+](=O)[O-])ccc2Cl)cc1. The number of rotatable bonds is 5. The number of nitro groups is 1. The number of carbonyl (C=O) groups excluding carboxylic acids is 2. The molecule has 0 aromatic heterocycles. The Morgan fingerprint density at radius 1 is 1.17 bits per heavy atom. The van der Waals surface area contributed by atoms with E-state index in [0.717, 1.165) is 5.56 Å². The number of hydrogen-bond donors (Lipinski definition) is 0. The lowest BCUT2D eigenvalue weighted by molar-refractivity contribution is -0.384. The summed E-state index contributed by atoms with van der Waals surface area (Å²) in [5.41, 5.74) is 1.55. The third kappa shape index (κ3) is 3.97. The minimum Gasteiger partial charge on any atom is -0.334 e. The van der Waals surface area contributed by atoms with Gasteiger partial charge in [0.25, 0.3) is 11.6 Å². The van der Waals surface area contributed by atoms with Crippen molar-refractivity contribution in [2.45, 2.75) is 13.5 Å². The summed E-state index contributed by atoms with van der Waals surface area (Å²) < 4.78 is 0. The minimum absolute atomic E-state index is 0.00303. The van der Waals surface area contributed by atoms with Crippen molar-refractivity contribution in [2.24, 2.45) is 0 Å². The van der Waals surface area contributed by atoms with E-state index < -0.39 is 16.6 Å². The second-order valence-electron chi connectivity index (χ2n) is 5.39. The smallest absolute Gasteiger partial charge is 0.295 e. The highest BCUT2D eigenvalue weighted by Crippen LogP contribution is 2.23. The molecule has 124 valence electrons. The molecule has 0 fully saturated rings. The first kappa shape index (κ1) is 17.6. The fraction of sp³-hybridized carbons (Fsp3) is 0.176. The average molecular weight is 347 g/mol. The van der Waals surface area contributed by atoms with Crippen LogP contribution < -0.4 is 0 Å². The van der Waals surface area contributed by atoms with E-state index in [0.29, 0.717) is 16.1 Å². The normalized spacial score (nSPS) is 10.3. The monoisotopic (exact) mass is 346 g/mol. The molecule has 0 bridgehead atoms. The van der Waals surface area contributed by atoms with E-state index in [4.69, 9.17) is 11.6 Å². The molecular weight excluding hydrogens is 332 g/mol. The molecule has 0 N–H and O–H groups in total. The molecule has 0 aliphatic rings. The lowest BCUT2D eigenvalue weighted by Crippen LogP contribution is -2.33. The van der Waals surface area contributed by atoms with Gasteiger partial charge in [-0.1, -0.05) is 41.4 Å². The van der Waals surface area contributed by atoms with E-state index in [1.54, 1.807) is 24.3 Å². The topological polar surface area (TPSA) is 80.5 Å². The van der Waals surface area contributed by atoms with Gasteiger partial charge >= 0.3 is 0 Å². The van der Waals surface area contributed by atoms with E-state index in [1.807, 2.05) is 6.92 Å². The summed E-state index contributed by atoms with van der Waals surface area (Å²) in [6.07, 6.45) is 0. The van der Waals surface area contributed by atoms with Crippen molar-refractivity contribution < 1.29 is 14.5 Å². The molecule has 0 aliphatic heterocycles. The van der Waals surface area contributed by atoms with Crippen LogP contribution in [0.5, 0.6) is 0 Å². The Bertz CT molecular complexity index is 803. The highest BCUT2D eigenvalue weighted by atomic mass is 35.5. The van der Waals surface area contributed by atoms with Crippen molar-refractivity contribution in [3.63, 3.8) is 0 Å². The van der Waals surface area contributed by atoms with Gasteiger partial charge in [-0.2, -0.15) is 0 Å². The molecule has 7 heteroatoms. The molecule has 0 saturated carbocycles. The Kier molecular flexibility index (Phi) is 5.31. The molecule has 2 aromatic carbocycles. The van der Waals surface area contributed by atoms with Gasteiger partial charge in [0.1, 0.15) is 0 Å². The van der Waals surface area contributed by atoms with Gasteiger partial charge in [-0.25, -0.2) is 0 Å². The van der Waals surface area contributed by atoms with Crippen molar-refractivity contribution in [1.29, 1.82) is 0 Å². The summed E-state index contributed by atoms with van der Waals surface area (Å²) in [6, 6.07) is 10.6. The van der Waals surface area contributed by atoms with Gasteiger partial charge < -0.3 is 4.90 Å². The maximum Gasteiger partial charge on any atom is 0.295 e. The number of amides is 1. The van der Waals surface area contributed by atoms with Crippen LogP contribution in [-0.4, -0.2) is 28.6 Å². The molecule has 0 aliphatic carbocycles. The van der Waals surface area contributed by atoms with Gasteiger partial charge in [-0.05, 0) is 18.6 Å². The van der Waals surface area contributed by atoms with E-state index in [2.05, 4.69) is 0 Å². The minimum atomic E-state index is -0.707. The third-order valence-corrected chi connectivity index (χ3v) is 3.87. The van der Waals surface area contributed by atoms with E-state index in [1.165, 1.54) is 30.1 Å². The number of halogens is 1. The van der Waals surface area contributed by atoms with E-state index in [-0.39, 0.29) is 12.2 Å². The van der Waals surface area contributed by atoms with Crippen LogP contribution in [0.1, 0.15) is 21.5 Å². The number of benzene rings is 2. The van der Waals surface area contributed by atoms with Crippen LogP contribution in [0.25, 0.3) is 0 Å². The largest absolute Gasteiger partial charge is 0.334 e. The highest BCUT2D eigenvalue weighted by Gasteiger charge is 2.22. The van der Waals surface area contributed by atoms with E-state index >= 15 is 0 Å². The molecule has 0 radical (unpaired) electrons. The van der Waals surface area contributed by atoms with Crippen LogP contribution in [-0.2, 0) is 11.3 Å². The van der Waals surface area contributed by atoms with Crippen LogP contribution >= 0.6 is 11.6 Å². The molecule has 24 heavy (non-hydrogen) atoms. The van der Waals surface area contributed by atoms with Crippen molar-refractivity contribution in [3.05, 3.63) is 74.3 Å². The molecular formula is C17H15ClN2O4. The van der Waals surface area contributed by atoms with Crippen LogP contribution in [0.3, 0.4) is 0 Å². The summed E-state index contributed by atoms with van der Waals surface area (Å²) >= 11 is 6.02. The first-order chi connectivity index (χ1) is 11.3. The zero-order valence-corrected chi connectivity index (χ0v) is 13.9. The van der Waals surface area contributed by atoms with Crippen LogP contribution in [0, 0.1) is 17.0 Å². The Labute approximate surface area is 143 Å². The lowest BCUT2D eigenvalue weighted by Gasteiger charge is -2.17. The fourth-order valence-electron chi connectivity index (χ4n) is 2.12. The van der Waals surface area contributed by atoms with Crippen LogP contribution in [0.15, 0.2) is 42.5 Å². The zero-order valence-electron chi connectivity index (χ0n) is 13.2. The van der Waals surface area contributed by atoms with Gasteiger partial charge in [0.15, 0.2) is 0 Å². The van der Waals surface area contributed by atoms with Gasteiger partial charge in [0, 0.05) is 36.3 Å². The van der Waals surface area contributed by atoms with Gasteiger partial charge in [-0.3, -0.25) is 19.7 Å². The number of non-ortho nitro benzene ring substituents is 1. The molecule has 0 unspecified atom stereocenters. The molecule has 0 atom stereocenters. The zero-order chi connectivity index (χ0) is 17.9.